The smallest absolute Gasteiger partial charge is 0.162 e. The number of ether oxygens (including phenoxy) is 1. The number of hydrogen-bond donors (Lipinski definition) is 0. The summed E-state index contributed by atoms with van der Waals surface area (Å²) < 4.78 is 7.69. The predicted molar refractivity (Wildman–Crippen MR) is 158 cm³/mol. The second kappa shape index (κ2) is 9.94. The Morgan fingerprint density at radius 1 is 0.895 bits per heavy atom. The zero-order chi connectivity index (χ0) is 27.6. The Labute approximate surface area is 246 Å². The average molecular weight is 662 g/mol. The lowest BCUT2D eigenvalue weighted by molar-refractivity contribution is -0.119. The fourth-order valence-corrected chi connectivity index (χ4v) is 7.83. The molecule has 7 heteroatoms. The number of benzene rings is 2. The Morgan fingerprint density at radius 2 is 1.42 bits per heavy atom. The van der Waals surface area contributed by atoms with Gasteiger partial charge in [-0.3, -0.25) is 9.59 Å². The van der Waals surface area contributed by atoms with Crippen LogP contribution in [0.25, 0.3) is 0 Å². The number of carbonyl (C=O) groups is 2. The maximum Gasteiger partial charge on any atom is 0.162 e. The van der Waals surface area contributed by atoms with Gasteiger partial charge >= 0.3 is 0 Å². The maximum atomic E-state index is 13.7. The van der Waals surface area contributed by atoms with E-state index in [9.17, 15) is 9.59 Å². The predicted octanol–water partition coefficient (Wildman–Crippen LogP) is 8.76. The number of allylic oxidation sites excluding steroid dienone is 4. The van der Waals surface area contributed by atoms with Crippen molar-refractivity contribution in [3.05, 3.63) is 84.0 Å². The molecular formula is C31H32Br2ClNO3. The van der Waals surface area contributed by atoms with Gasteiger partial charge in [0.15, 0.2) is 11.6 Å². The molecule has 0 unspecified atom stereocenters. The summed E-state index contributed by atoms with van der Waals surface area (Å²) in [7, 11) is 2.03. The Bertz CT molecular complexity index is 1340. The normalized spacial score (nSPS) is 21.0. The van der Waals surface area contributed by atoms with Crippen LogP contribution in [0.15, 0.2) is 67.9 Å². The van der Waals surface area contributed by atoms with Gasteiger partial charge in [-0.05, 0) is 90.9 Å². The van der Waals surface area contributed by atoms with E-state index in [2.05, 4.69) is 64.5 Å². The molecule has 0 spiro atoms. The lowest BCUT2D eigenvalue weighted by Gasteiger charge is -2.48. The molecule has 0 amide bonds. The largest absolute Gasteiger partial charge is 0.487 e. The van der Waals surface area contributed by atoms with Crippen LogP contribution < -0.4 is 4.74 Å². The van der Waals surface area contributed by atoms with Gasteiger partial charge < -0.3 is 9.64 Å². The highest BCUT2D eigenvalue weighted by molar-refractivity contribution is 9.11. The molecule has 0 radical (unpaired) electrons. The van der Waals surface area contributed by atoms with Gasteiger partial charge in [0.2, 0.25) is 0 Å². The van der Waals surface area contributed by atoms with Crippen LogP contribution in [0.4, 0.5) is 0 Å². The van der Waals surface area contributed by atoms with Crippen molar-refractivity contribution in [3.8, 4) is 5.75 Å². The quantitative estimate of drug-likeness (QED) is 0.329. The molecule has 1 heterocycles. The van der Waals surface area contributed by atoms with Crippen molar-refractivity contribution in [2.24, 2.45) is 10.8 Å². The van der Waals surface area contributed by atoms with E-state index in [0.29, 0.717) is 30.2 Å². The summed E-state index contributed by atoms with van der Waals surface area (Å²) in [5, 5.41) is 0.663. The summed E-state index contributed by atoms with van der Waals surface area (Å²) >= 11 is 13.6. The Morgan fingerprint density at radius 3 is 1.92 bits per heavy atom. The van der Waals surface area contributed by atoms with E-state index in [1.54, 1.807) is 0 Å². The van der Waals surface area contributed by atoms with E-state index < -0.39 is 5.92 Å². The van der Waals surface area contributed by atoms with Crippen molar-refractivity contribution in [2.75, 3.05) is 7.05 Å². The van der Waals surface area contributed by atoms with E-state index >= 15 is 0 Å². The number of halogens is 3. The van der Waals surface area contributed by atoms with Crippen molar-refractivity contribution < 1.29 is 14.3 Å². The molecule has 38 heavy (non-hydrogen) atoms. The topological polar surface area (TPSA) is 46.6 Å². The first-order valence-electron chi connectivity index (χ1n) is 12.9. The van der Waals surface area contributed by atoms with Gasteiger partial charge in [0.05, 0.1) is 8.95 Å². The molecule has 0 atom stereocenters. The van der Waals surface area contributed by atoms with Crippen LogP contribution in [0.2, 0.25) is 5.02 Å². The van der Waals surface area contributed by atoms with Crippen LogP contribution in [0.1, 0.15) is 70.4 Å². The Balaban J connectivity index is 1.60. The summed E-state index contributed by atoms with van der Waals surface area (Å²) in [6.45, 7) is 8.96. The zero-order valence-electron chi connectivity index (χ0n) is 22.4. The van der Waals surface area contributed by atoms with Gasteiger partial charge in [0, 0.05) is 53.4 Å². The number of rotatable bonds is 4. The maximum absolute atomic E-state index is 13.7. The molecule has 3 aliphatic rings. The summed E-state index contributed by atoms with van der Waals surface area (Å²) in [6.07, 6.45) is 2.55. The molecule has 0 fully saturated rings. The molecule has 2 aliphatic carbocycles. The van der Waals surface area contributed by atoms with Crippen molar-refractivity contribution in [1.82, 2.24) is 4.90 Å². The average Bonchev–Trinajstić information content (AvgIpc) is 2.78. The van der Waals surface area contributed by atoms with E-state index in [1.807, 2.05) is 43.4 Å². The first-order chi connectivity index (χ1) is 17.8. The molecule has 0 bridgehead atoms. The van der Waals surface area contributed by atoms with Gasteiger partial charge in [-0.15, -0.1) is 0 Å². The fraction of sp³-hybridized carbons (Fsp3) is 0.419. The zero-order valence-corrected chi connectivity index (χ0v) is 26.3. The SMILES string of the molecule is CN1C2=C(C(=O)CC(C)(C)C2)C(c2cc(Br)c(OCc3cccc(Cl)c3)c(Br)c2)C2=C1CC(C)(C)CC2=O. The lowest BCUT2D eigenvalue weighted by Crippen LogP contribution is -2.43. The van der Waals surface area contributed by atoms with Crippen LogP contribution in [0.5, 0.6) is 5.75 Å². The van der Waals surface area contributed by atoms with Crippen molar-refractivity contribution in [1.29, 1.82) is 0 Å². The molecule has 2 aromatic carbocycles. The van der Waals surface area contributed by atoms with Crippen LogP contribution in [0, 0.1) is 10.8 Å². The minimum Gasteiger partial charge on any atom is -0.487 e. The van der Waals surface area contributed by atoms with E-state index in [4.69, 9.17) is 16.3 Å². The fourth-order valence-electron chi connectivity index (χ4n) is 6.16. The molecule has 0 N–H and O–H groups in total. The van der Waals surface area contributed by atoms with E-state index in [-0.39, 0.29) is 22.4 Å². The summed E-state index contributed by atoms with van der Waals surface area (Å²) in [6, 6.07) is 11.6. The first kappa shape index (κ1) is 27.7. The highest BCUT2D eigenvalue weighted by Gasteiger charge is 2.48. The standard InChI is InChI=1S/C31H32Br2ClNO3/c1-30(2)12-22-27(24(36)14-30)26(28-23(35(22)5)13-31(3,4)15-25(28)37)18-10-20(32)29(21(33)11-18)38-16-17-7-6-8-19(34)9-17/h6-11,26H,12-16H2,1-5H3. The summed E-state index contributed by atoms with van der Waals surface area (Å²) in [5.74, 6) is 0.534. The molecule has 4 nitrogen and oxygen atoms in total. The summed E-state index contributed by atoms with van der Waals surface area (Å²) in [5.41, 5.74) is 5.26. The highest BCUT2D eigenvalue weighted by atomic mass is 79.9. The molecule has 200 valence electrons. The number of ketones is 2. The molecule has 5 rings (SSSR count). The van der Waals surface area contributed by atoms with Crippen molar-refractivity contribution >= 4 is 55.0 Å². The monoisotopic (exact) mass is 659 g/mol. The van der Waals surface area contributed by atoms with Crippen LogP contribution in [-0.4, -0.2) is 23.5 Å². The second-order valence-corrected chi connectivity index (χ2v) is 14.5. The van der Waals surface area contributed by atoms with Crippen molar-refractivity contribution in [2.45, 2.75) is 65.9 Å². The molecule has 2 aromatic rings. The number of hydrogen-bond acceptors (Lipinski definition) is 4. The van der Waals surface area contributed by atoms with Crippen LogP contribution in [0.3, 0.4) is 0 Å². The van der Waals surface area contributed by atoms with E-state index in [1.165, 1.54) is 0 Å². The first-order valence-corrected chi connectivity index (χ1v) is 14.9. The van der Waals surface area contributed by atoms with Gasteiger partial charge in [0.25, 0.3) is 0 Å². The molecule has 1 aliphatic heterocycles. The third-order valence-electron chi connectivity index (χ3n) is 7.81. The number of carbonyl (C=O) groups excluding carboxylic acids is 2. The van der Waals surface area contributed by atoms with Gasteiger partial charge in [-0.25, -0.2) is 0 Å². The highest BCUT2D eigenvalue weighted by Crippen LogP contribution is 2.54. The molecule has 0 saturated carbocycles. The molecule has 0 aromatic heterocycles. The van der Waals surface area contributed by atoms with Crippen LogP contribution >= 0.6 is 43.5 Å². The van der Waals surface area contributed by atoms with Crippen molar-refractivity contribution in [3.63, 3.8) is 0 Å². The van der Waals surface area contributed by atoms with Gasteiger partial charge in [0.1, 0.15) is 12.4 Å². The van der Waals surface area contributed by atoms with Gasteiger partial charge in [-0.1, -0.05) is 51.4 Å². The molecular weight excluding hydrogens is 630 g/mol. The summed E-state index contributed by atoms with van der Waals surface area (Å²) in [4.78, 5) is 29.6. The number of nitrogens with zero attached hydrogens (tertiary/aromatic N) is 1. The Kier molecular flexibility index (Phi) is 7.24. The van der Waals surface area contributed by atoms with Gasteiger partial charge in [-0.2, -0.15) is 0 Å². The minimum atomic E-state index is -0.391. The van der Waals surface area contributed by atoms with Crippen LogP contribution in [-0.2, 0) is 16.2 Å². The second-order valence-electron chi connectivity index (χ2n) is 12.3. The third kappa shape index (κ3) is 5.16. The number of Topliss-reactive ketones (excluding diaryl/α,β-unsaturated/α-hetero) is 2. The third-order valence-corrected chi connectivity index (χ3v) is 9.22. The Hall–Kier alpha value is -1.89. The molecule has 0 saturated heterocycles. The lowest BCUT2D eigenvalue weighted by atomic mass is 9.64. The minimum absolute atomic E-state index is 0.125. The van der Waals surface area contributed by atoms with E-state index in [0.717, 1.165) is 55.5 Å².